The maximum absolute atomic E-state index is 12.7. The lowest BCUT2D eigenvalue weighted by Gasteiger charge is -2.29. The molecular weight excluding hydrogens is 532 g/mol. The minimum atomic E-state index is -0.473. The van der Waals surface area contributed by atoms with Crippen LogP contribution in [0.5, 0.6) is 5.75 Å². The van der Waals surface area contributed by atoms with Crippen LogP contribution in [-0.4, -0.2) is 44.5 Å². The van der Waals surface area contributed by atoms with Gasteiger partial charge >= 0.3 is 11.9 Å². The zero-order chi connectivity index (χ0) is 30.0. The Balaban J connectivity index is 1.37. The minimum absolute atomic E-state index is 0.166. The quantitative estimate of drug-likeness (QED) is 0.0934. The predicted octanol–water partition coefficient (Wildman–Crippen LogP) is 8.46. The number of benzene rings is 2. The highest BCUT2D eigenvalue weighted by molar-refractivity contribution is 5.92. The zero-order valence-corrected chi connectivity index (χ0v) is 25.8. The molecule has 7 nitrogen and oxygen atoms in total. The SMILES string of the molecule is CCCCCCCCC1COC(c2ccc(C(=O)Oc3ccc(C(=O)OC(C)CCCCCOCC)cc3)cc2)OC1. The molecule has 2 aromatic rings. The van der Waals surface area contributed by atoms with Crippen LogP contribution >= 0.6 is 0 Å². The second-order valence-electron chi connectivity index (χ2n) is 11.2. The van der Waals surface area contributed by atoms with Gasteiger partial charge in [0.25, 0.3) is 0 Å². The van der Waals surface area contributed by atoms with Gasteiger partial charge in [-0.2, -0.15) is 0 Å². The monoisotopic (exact) mass is 582 g/mol. The number of hydrogen-bond acceptors (Lipinski definition) is 7. The summed E-state index contributed by atoms with van der Waals surface area (Å²) in [5, 5.41) is 0. The summed E-state index contributed by atoms with van der Waals surface area (Å²) in [5.41, 5.74) is 1.73. The highest BCUT2D eigenvalue weighted by Gasteiger charge is 2.23. The molecule has 2 aromatic carbocycles. The molecular formula is C35H50O7. The lowest BCUT2D eigenvalue weighted by Crippen LogP contribution is -2.27. The van der Waals surface area contributed by atoms with Crippen molar-refractivity contribution in [3.05, 3.63) is 65.2 Å². The first-order valence-electron chi connectivity index (χ1n) is 15.9. The summed E-state index contributed by atoms with van der Waals surface area (Å²) in [6.45, 7) is 9.04. The third-order valence-electron chi connectivity index (χ3n) is 7.56. The normalized spacial score (nSPS) is 17.5. The Labute approximate surface area is 252 Å². The summed E-state index contributed by atoms with van der Waals surface area (Å²) in [4.78, 5) is 25.2. The molecule has 0 N–H and O–H groups in total. The number of rotatable bonds is 19. The van der Waals surface area contributed by atoms with Crippen molar-refractivity contribution < 1.29 is 33.3 Å². The van der Waals surface area contributed by atoms with E-state index in [0.717, 1.165) is 50.9 Å². The van der Waals surface area contributed by atoms with Crippen LogP contribution in [0.3, 0.4) is 0 Å². The van der Waals surface area contributed by atoms with Crippen LogP contribution in [-0.2, 0) is 18.9 Å². The third kappa shape index (κ3) is 12.2. The number of carbonyl (C=O) groups is 2. The van der Waals surface area contributed by atoms with Crippen LogP contribution in [0.2, 0.25) is 0 Å². The molecule has 0 spiro atoms. The number of esters is 2. The molecule has 1 aliphatic rings. The van der Waals surface area contributed by atoms with Crippen LogP contribution in [0.1, 0.15) is 124 Å². The molecule has 1 unspecified atom stereocenters. The molecule has 7 heteroatoms. The minimum Gasteiger partial charge on any atom is -0.459 e. The van der Waals surface area contributed by atoms with Gasteiger partial charge in [0.1, 0.15) is 5.75 Å². The summed E-state index contributed by atoms with van der Waals surface area (Å²) >= 11 is 0. The predicted molar refractivity (Wildman–Crippen MR) is 164 cm³/mol. The number of unbranched alkanes of at least 4 members (excludes halogenated alkanes) is 7. The first-order chi connectivity index (χ1) is 20.5. The number of ether oxygens (including phenoxy) is 5. The van der Waals surface area contributed by atoms with E-state index in [-0.39, 0.29) is 12.1 Å². The van der Waals surface area contributed by atoms with Crippen LogP contribution in [0.25, 0.3) is 0 Å². The van der Waals surface area contributed by atoms with Crippen LogP contribution < -0.4 is 4.74 Å². The fraction of sp³-hybridized carbons (Fsp3) is 0.600. The summed E-state index contributed by atoms with van der Waals surface area (Å²) in [5.74, 6) is -0.0526. The topological polar surface area (TPSA) is 80.3 Å². The summed E-state index contributed by atoms with van der Waals surface area (Å²) in [6.07, 6.45) is 12.2. The van der Waals surface area contributed by atoms with Crippen molar-refractivity contribution in [2.24, 2.45) is 5.92 Å². The van der Waals surface area contributed by atoms with Gasteiger partial charge < -0.3 is 23.7 Å². The fourth-order valence-electron chi connectivity index (χ4n) is 4.98. The lowest BCUT2D eigenvalue weighted by atomic mass is 10.0. The molecule has 232 valence electrons. The van der Waals surface area contributed by atoms with E-state index in [2.05, 4.69) is 6.92 Å². The molecule has 1 aliphatic heterocycles. The van der Waals surface area contributed by atoms with E-state index in [1.807, 2.05) is 26.0 Å². The fourth-order valence-corrected chi connectivity index (χ4v) is 4.98. The second-order valence-corrected chi connectivity index (χ2v) is 11.2. The molecule has 0 radical (unpaired) electrons. The number of hydrogen-bond donors (Lipinski definition) is 0. The molecule has 3 rings (SSSR count). The van der Waals surface area contributed by atoms with E-state index >= 15 is 0 Å². The Hall–Kier alpha value is -2.74. The van der Waals surface area contributed by atoms with Crippen molar-refractivity contribution in [2.45, 2.75) is 104 Å². The van der Waals surface area contributed by atoms with Crippen molar-refractivity contribution in [3.63, 3.8) is 0 Å². The smallest absolute Gasteiger partial charge is 0.343 e. The van der Waals surface area contributed by atoms with E-state index in [1.54, 1.807) is 36.4 Å². The largest absolute Gasteiger partial charge is 0.459 e. The molecule has 0 aliphatic carbocycles. The lowest BCUT2D eigenvalue weighted by molar-refractivity contribution is -0.206. The van der Waals surface area contributed by atoms with Crippen molar-refractivity contribution >= 4 is 11.9 Å². The molecule has 1 fully saturated rings. The van der Waals surface area contributed by atoms with Gasteiger partial charge in [0.05, 0.1) is 30.4 Å². The van der Waals surface area contributed by atoms with Crippen molar-refractivity contribution in [1.29, 1.82) is 0 Å². The van der Waals surface area contributed by atoms with Crippen molar-refractivity contribution in [2.75, 3.05) is 26.4 Å². The number of carbonyl (C=O) groups excluding carboxylic acids is 2. The Kier molecular flexibility index (Phi) is 15.6. The summed E-state index contributed by atoms with van der Waals surface area (Å²) < 4.78 is 28.4. The molecule has 0 saturated carbocycles. The Morgan fingerprint density at radius 3 is 2.10 bits per heavy atom. The molecule has 1 saturated heterocycles. The van der Waals surface area contributed by atoms with Crippen LogP contribution in [0.15, 0.2) is 48.5 Å². The maximum Gasteiger partial charge on any atom is 0.343 e. The van der Waals surface area contributed by atoms with Gasteiger partial charge in [-0.25, -0.2) is 9.59 Å². The standard InChI is InChI=1S/C35H50O7/c1-4-6-7-8-9-12-15-28-25-39-35(40-26-28)31-18-16-29(17-19-31)34(37)42-32-22-20-30(21-23-32)33(36)41-27(3)14-11-10-13-24-38-5-2/h16-23,27-28,35H,4-15,24-26H2,1-3H3. The first kappa shape index (κ1) is 33.8. The van der Waals surface area contributed by atoms with Crippen molar-refractivity contribution in [3.8, 4) is 5.75 Å². The average Bonchev–Trinajstić information content (AvgIpc) is 3.01. The highest BCUT2D eigenvalue weighted by Crippen LogP contribution is 2.28. The Bertz CT molecular complexity index is 1030. The average molecular weight is 583 g/mol. The highest BCUT2D eigenvalue weighted by atomic mass is 16.7. The van der Waals surface area contributed by atoms with E-state index < -0.39 is 12.3 Å². The van der Waals surface area contributed by atoms with Gasteiger partial charge in [-0.05, 0) is 75.9 Å². The molecule has 0 aromatic heterocycles. The van der Waals surface area contributed by atoms with E-state index in [1.165, 1.54) is 38.5 Å². The van der Waals surface area contributed by atoms with Crippen molar-refractivity contribution in [1.82, 2.24) is 0 Å². The van der Waals surface area contributed by atoms with E-state index in [0.29, 0.717) is 36.0 Å². The maximum atomic E-state index is 12.7. The van der Waals surface area contributed by atoms with Gasteiger partial charge in [-0.1, -0.05) is 64.0 Å². The van der Waals surface area contributed by atoms with Gasteiger partial charge in [-0.3, -0.25) is 0 Å². The first-order valence-corrected chi connectivity index (χ1v) is 15.9. The third-order valence-corrected chi connectivity index (χ3v) is 7.56. The van der Waals surface area contributed by atoms with E-state index in [4.69, 9.17) is 23.7 Å². The molecule has 1 heterocycles. The van der Waals surface area contributed by atoms with Crippen LogP contribution in [0.4, 0.5) is 0 Å². The summed E-state index contributed by atoms with van der Waals surface area (Å²) in [6, 6.07) is 13.6. The molecule has 42 heavy (non-hydrogen) atoms. The zero-order valence-electron chi connectivity index (χ0n) is 25.8. The van der Waals surface area contributed by atoms with Gasteiger partial charge in [0.2, 0.25) is 0 Å². The second kappa shape index (κ2) is 19.4. The van der Waals surface area contributed by atoms with Gasteiger partial charge in [-0.15, -0.1) is 0 Å². The molecule has 0 amide bonds. The molecule has 0 bridgehead atoms. The van der Waals surface area contributed by atoms with Crippen LogP contribution in [0, 0.1) is 5.92 Å². The van der Waals surface area contributed by atoms with Gasteiger partial charge in [0.15, 0.2) is 6.29 Å². The van der Waals surface area contributed by atoms with Gasteiger partial charge in [0, 0.05) is 24.7 Å². The van der Waals surface area contributed by atoms with E-state index in [9.17, 15) is 9.59 Å². The Morgan fingerprint density at radius 2 is 1.40 bits per heavy atom. The summed E-state index contributed by atoms with van der Waals surface area (Å²) in [7, 11) is 0. The molecule has 1 atom stereocenters. The Morgan fingerprint density at radius 1 is 0.786 bits per heavy atom.